The molecule has 0 saturated heterocycles. The summed E-state index contributed by atoms with van der Waals surface area (Å²) in [4.78, 5) is 10.4. The Hall–Kier alpha value is 1.20. The molecule has 0 bridgehead atoms. The molecule has 10 heavy (non-hydrogen) atoms. The molecule has 60 valence electrons. The van der Waals surface area contributed by atoms with Crippen LogP contribution in [0.1, 0.15) is 0 Å². The van der Waals surface area contributed by atoms with Gasteiger partial charge in [-0.3, -0.25) is 4.79 Å². The van der Waals surface area contributed by atoms with E-state index in [9.17, 15) is 4.79 Å². The van der Waals surface area contributed by atoms with Crippen LogP contribution >= 0.6 is 59.4 Å². The van der Waals surface area contributed by atoms with Crippen molar-refractivity contribution in [3.63, 3.8) is 0 Å². The molecule has 6 heteroatoms. The Morgan fingerprint density at radius 1 is 1.50 bits per heavy atom. The third-order valence-electron chi connectivity index (χ3n) is 0.506. The molecule has 0 unspecified atom stereocenters. The van der Waals surface area contributed by atoms with Crippen LogP contribution in [0.25, 0.3) is 0 Å². The second kappa shape index (κ2) is 4.95. The minimum Gasteiger partial charge on any atom is -0.461 e. The largest absolute Gasteiger partial charge is 0.461 e. The normalized spacial score (nSPS) is 11.2. The summed E-state index contributed by atoms with van der Waals surface area (Å²) >= 11 is 14.6. The van der Waals surface area contributed by atoms with E-state index in [0.29, 0.717) is 0 Å². The van der Waals surface area contributed by atoms with Crippen LogP contribution in [0.4, 0.5) is 0 Å². The number of esters is 1. The van der Waals surface area contributed by atoms with Crippen molar-refractivity contribution >= 4 is 65.4 Å². The topological polar surface area (TPSA) is 26.3 Å². The molecule has 0 atom stereocenters. The molecule has 0 aliphatic heterocycles. The fourth-order valence-electron chi connectivity index (χ4n) is 0.201. The molecule has 0 spiro atoms. The third-order valence-corrected chi connectivity index (χ3v) is 1.41. The first-order chi connectivity index (χ1) is 4.45. The lowest BCUT2D eigenvalue weighted by Gasteiger charge is -2.10. The molecule has 0 aromatic rings. The lowest BCUT2D eigenvalue weighted by atomic mass is 10.8. The summed E-state index contributed by atoms with van der Waals surface area (Å²) in [6.07, 6.45) is 0. The highest BCUT2D eigenvalue weighted by molar-refractivity contribution is 9.39. The number of alkyl halides is 4. The van der Waals surface area contributed by atoms with Crippen LogP contribution in [-0.2, 0) is 9.53 Å². The van der Waals surface area contributed by atoms with Gasteiger partial charge in [-0.15, -0.1) is 11.6 Å². The van der Waals surface area contributed by atoms with Gasteiger partial charge in [0.2, 0.25) is 0 Å². The van der Waals surface area contributed by atoms with Crippen molar-refractivity contribution in [1.82, 2.24) is 0 Å². The van der Waals surface area contributed by atoms with Gasteiger partial charge in [-0.2, -0.15) is 0 Å². The van der Waals surface area contributed by atoms with Crippen molar-refractivity contribution in [2.75, 3.05) is 12.5 Å². The van der Waals surface area contributed by atoms with E-state index in [2.05, 4.69) is 52.5 Å². The number of hydrogen-bond donors (Lipinski definition) is 0. The lowest BCUT2D eigenvalue weighted by Crippen LogP contribution is -2.16. The Kier molecular flexibility index (Phi) is 5.55. The van der Waals surface area contributed by atoms with Crippen molar-refractivity contribution in [3.05, 3.63) is 0 Å². The predicted octanol–water partition coefficient (Wildman–Crippen LogP) is 2.61. The Bertz CT molecular complexity index is 122. The van der Waals surface area contributed by atoms with Gasteiger partial charge in [-0.05, 0) is 0 Å². The van der Waals surface area contributed by atoms with Crippen molar-refractivity contribution in [2.24, 2.45) is 0 Å². The van der Waals surface area contributed by atoms with Crippen LogP contribution in [-0.4, -0.2) is 20.6 Å². The van der Waals surface area contributed by atoms with E-state index in [1.807, 2.05) is 0 Å². The number of ether oxygens (including phenoxy) is 1. The number of carbonyl (C=O) groups is 1. The Morgan fingerprint density at radius 2 is 2.00 bits per heavy atom. The van der Waals surface area contributed by atoms with Gasteiger partial charge in [0, 0.05) is 0 Å². The van der Waals surface area contributed by atoms with Gasteiger partial charge < -0.3 is 4.74 Å². The molecule has 0 N–H and O–H groups in total. The summed E-state index contributed by atoms with van der Waals surface area (Å²) in [5, 5.41) is 0. The molecule has 0 saturated carbocycles. The number of rotatable bonds is 2. The predicted molar refractivity (Wildman–Crippen MR) is 51.2 cm³/mol. The second-order valence-electron chi connectivity index (χ2n) is 1.41. The van der Waals surface area contributed by atoms with E-state index in [1.165, 1.54) is 0 Å². The van der Waals surface area contributed by atoms with Crippen molar-refractivity contribution < 1.29 is 9.53 Å². The van der Waals surface area contributed by atoms with Crippen LogP contribution in [0.2, 0.25) is 0 Å². The molecule has 0 aliphatic rings. The molecule has 0 radical (unpaired) electrons. The van der Waals surface area contributed by atoms with E-state index >= 15 is 0 Å². The van der Waals surface area contributed by atoms with Crippen LogP contribution in [0, 0.1) is 0 Å². The van der Waals surface area contributed by atoms with Gasteiger partial charge in [-0.25, -0.2) is 0 Å². The lowest BCUT2D eigenvalue weighted by molar-refractivity contribution is -0.140. The molecule has 0 aromatic heterocycles. The maximum Gasteiger partial charge on any atom is 0.320 e. The monoisotopic (exact) mass is 356 g/mol. The molecular formula is C4H4Br3ClO2. The average Bonchev–Trinajstić information content (AvgIpc) is 1.81. The maximum atomic E-state index is 10.4. The fraction of sp³-hybridized carbons (Fsp3) is 0.750. The molecule has 2 nitrogen and oxygen atoms in total. The Morgan fingerprint density at radius 3 is 2.30 bits per heavy atom. The number of halogens is 4. The third kappa shape index (κ3) is 7.31. The molecule has 0 rings (SSSR count). The van der Waals surface area contributed by atoms with Gasteiger partial charge in [0.1, 0.15) is 12.5 Å². The van der Waals surface area contributed by atoms with Crippen LogP contribution in [0.3, 0.4) is 0 Å². The van der Waals surface area contributed by atoms with Gasteiger partial charge >= 0.3 is 5.97 Å². The second-order valence-corrected chi connectivity index (χ2v) is 8.93. The molecule has 0 amide bonds. The molecule has 0 aliphatic carbocycles. The van der Waals surface area contributed by atoms with Crippen molar-refractivity contribution in [2.45, 2.75) is 2.14 Å². The maximum absolute atomic E-state index is 10.4. The highest BCUT2D eigenvalue weighted by Gasteiger charge is 2.19. The van der Waals surface area contributed by atoms with E-state index in [0.717, 1.165) is 0 Å². The van der Waals surface area contributed by atoms with Crippen LogP contribution in [0.15, 0.2) is 0 Å². The zero-order valence-corrected chi connectivity index (χ0v) is 10.3. The highest BCUT2D eigenvalue weighted by atomic mass is 80.0. The minimum atomic E-state index is -0.533. The summed E-state index contributed by atoms with van der Waals surface area (Å²) < 4.78 is 4.11. The summed E-state index contributed by atoms with van der Waals surface area (Å²) in [7, 11) is 0. The Balaban J connectivity index is 3.46. The van der Waals surface area contributed by atoms with Gasteiger partial charge in [0.25, 0.3) is 0 Å². The highest BCUT2D eigenvalue weighted by Crippen LogP contribution is 2.33. The Labute approximate surface area is 89.0 Å². The molecule has 0 fully saturated rings. The molecular weight excluding hydrogens is 355 g/mol. The standard InChI is InChI=1S/C4H4Br3ClO2/c5-4(6,7)2-10-3(9)1-8/h1-2H2. The van der Waals surface area contributed by atoms with Crippen molar-refractivity contribution in [3.8, 4) is 0 Å². The van der Waals surface area contributed by atoms with Gasteiger partial charge in [-0.1, -0.05) is 47.8 Å². The van der Waals surface area contributed by atoms with Crippen molar-refractivity contribution in [1.29, 1.82) is 0 Å². The zero-order chi connectivity index (χ0) is 8.20. The summed E-state index contributed by atoms with van der Waals surface area (Å²) in [6, 6.07) is 0. The van der Waals surface area contributed by atoms with E-state index in [1.54, 1.807) is 0 Å². The SMILES string of the molecule is O=C(CCl)OCC(Br)(Br)Br. The number of hydrogen-bond acceptors (Lipinski definition) is 2. The van der Waals surface area contributed by atoms with Gasteiger partial charge in [0.05, 0.1) is 0 Å². The van der Waals surface area contributed by atoms with Gasteiger partial charge in [0.15, 0.2) is 2.14 Å². The van der Waals surface area contributed by atoms with Crippen LogP contribution < -0.4 is 0 Å². The average molecular weight is 359 g/mol. The first kappa shape index (κ1) is 11.2. The minimum absolute atomic E-state index is 0.122. The van der Waals surface area contributed by atoms with E-state index in [-0.39, 0.29) is 12.5 Å². The zero-order valence-electron chi connectivity index (χ0n) is 4.74. The van der Waals surface area contributed by atoms with E-state index < -0.39 is 8.11 Å². The smallest absolute Gasteiger partial charge is 0.320 e. The quantitative estimate of drug-likeness (QED) is 0.560. The fourth-order valence-corrected chi connectivity index (χ4v) is 0.621. The summed E-state index contributed by atoms with van der Waals surface area (Å²) in [5.41, 5.74) is 0. The van der Waals surface area contributed by atoms with E-state index in [4.69, 9.17) is 11.6 Å². The van der Waals surface area contributed by atoms with Crippen LogP contribution in [0.5, 0.6) is 0 Å². The first-order valence-corrected chi connectivity index (χ1v) is 5.15. The summed E-state index contributed by atoms with van der Waals surface area (Å²) in [6.45, 7) is 0.179. The molecule has 0 aromatic carbocycles. The number of carbonyl (C=O) groups excluding carboxylic acids is 1. The first-order valence-electron chi connectivity index (χ1n) is 2.24. The summed E-state index contributed by atoms with van der Waals surface area (Å²) in [5.74, 6) is -0.562. The molecule has 0 heterocycles.